The van der Waals surface area contributed by atoms with Crippen molar-refractivity contribution in [3.8, 4) is 0 Å². The summed E-state index contributed by atoms with van der Waals surface area (Å²) in [4.78, 5) is 28.8. The lowest BCUT2D eigenvalue weighted by Crippen LogP contribution is -2.41. The van der Waals surface area contributed by atoms with Crippen molar-refractivity contribution in [2.45, 2.75) is 17.5 Å². The van der Waals surface area contributed by atoms with Gasteiger partial charge in [-0.3, -0.25) is 9.59 Å². The van der Waals surface area contributed by atoms with Crippen molar-refractivity contribution < 1.29 is 9.59 Å². The van der Waals surface area contributed by atoms with Gasteiger partial charge in [0, 0.05) is 24.1 Å². The molecule has 0 fully saturated rings. The van der Waals surface area contributed by atoms with Crippen molar-refractivity contribution in [3.63, 3.8) is 0 Å². The van der Waals surface area contributed by atoms with E-state index in [1.807, 2.05) is 66.9 Å². The topological polar surface area (TPSA) is 49.4 Å². The lowest BCUT2D eigenvalue weighted by Gasteiger charge is -2.25. The molecule has 0 aliphatic carbocycles. The molecule has 5 heteroatoms. The molecule has 1 unspecified atom stereocenters. The van der Waals surface area contributed by atoms with Crippen LogP contribution >= 0.6 is 11.8 Å². The number of likely N-dealkylation sites (N-methyl/N-ethyl adjacent to an activating group) is 1. The number of nitrogens with one attached hydrogen (secondary N) is 1. The number of rotatable bonds is 7. The average Bonchev–Trinajstić information content (AvgIpc) is 2.78. The Morgan fingerprint density at radius 3 is 2.07 bits per heavy atom. The molecular weight excluding hydrogens is 380 g/mol. The van der Waals surface area contributed by atoms with Crippen molar-refractivity contribution in [2.75, 3.05) is 13.3 Å². The second-order valence-corrected chi connectivity index (χ2v) is 7.61. The SMILES string of the molecule is CSc1ccc(CN(C)C(=O)C(NC(=O)c2ccccc2)c2ccccc2)cc1. The Bertz CT molecular complexity index is 944. The minimum Gasteiger partial charge on any atom is -0.339 e. The van der Waals surface area contributed by atoms with Crippen LogP contribution in [0.25, 0.3) is 0 Å². The van der Waals surface area contributed by atoms with E-state index in [1.165, 1.54) is 4.90 Å². The van der Waals surface area contributed by atoms with Gasteiger partial charge in [-0.05, 0) is 41.6 Å². The molecule has 3 aromatic carbocycles. The number of nitrogens with zero attached hydrogens (tertiary/aromatic N) is 1. The predicted octanol–water partition coefficient (Wildman–Crippen LogP) is 4.54. The number of carbonyl (C=O) groups excluding carboxylic acids is 2. The molecule has 0 aliphatic rings. The van der Waals surface area contributed by atoms with Crippen LogP contribution in [0.4, 0.5) is 0 Å². The average molecular weight is 405 g/mol. The molecule has 0 radical (unpaired) electrons. The molecule has 2 amide bonds. The fraction of sp³-hybridized carbons (Fsp3) is 0.167. The lowest BCUT2D eigenvalue weighted by atomic mass is 10.0. The van der Waals surface area contributed by atoms with Crippen LogP contribution in [-0.4, -0.2) is 30.0 Å². The van der Waals surface area contributed by atoms with E-state index >= 15 is 0 Å². The Morgan fingerprint density at radius 1 is 0.897 bits per heavy atom. The summed E-state index contributed by atoms with van der Waals surface area (Å²) in [6, 6.07) is 25.7. The first-order valence-electron chi connectivity index (χ1n) is 9.37. The molecule has 1 atom stereocenters. The van der Waals surface area contributed by atoms with E-state index in [0.29, 0.717) is 12.1 Å². The fourth-order valence-corrected chi connectivity index (χ4v) is 3.45. The summed E-state index contributed by atoms with van der Waals surface area (Å²) in [7, 11) is 1.76. The molecule has 0 saturated heterocycles. The summed E-state index contributed by atoms with van der Waals surface area (Å²) in [5.74, 6) is -0.431. The third-order valence-electron chi connectivity index (χ3n) is 4.65. The zero-order valence-corrected chi connectivity index (χ0v) is 17.4. The van der Waals surface area contributed by atoms with Crippen LogP contribution in [0.3, 0.4) is 0 Å². The number of thioether (sulfide) groups is 1. The highest BCUT2D eigenvalue weighted by molar-refractivity contribution is 7.98. The van der Waals surface area contributed by atoms with Crippen LogP contribution < -0.4 is 5.32 Å². The zero-order valence-electron chi connectivity index (χ0n) is 16.5. The maximum atomic E-state index is 13.2. The van der Waals surface area contributed by atoms with E-state index in [2.05, 4.69) is 5.32 Å². The second kappa shape index (κ2) is 9.94. The highest BCUT2D eigenvalue weighted by Crippen LogP contribution is 2.19. The van der Waals surface area contributed by atoms with E-state index in [0.717, 1.165) is 11.1 Å². The molecule has 4 nitrogen and oxygen atoms in total. The normalized spacial score (nSPS) is 11.5. The standard InChI is InChI=1S/C24H24N2O2S/c1-26(17-18-13-15-21(29-2)16-14-18)24(28)22(19-9-5-3-6-10-19)25-23(27)20-11-7-4-8-12-20/h3-16,22H,17H2,1-2H3,(H,25,27). The van der Waals surface area contributed by atoms with E-state index in [4.69, 9.17) is 0 Å². The molecule has 3 aromatic rings. The van der Waals surface area contributed by atoms with Crippen molar-refractivity contribution in [3.05, 3.63) is 102 Å². The van der Waals surface area contributed by atoms with Gasteiger partial charge in [-0.25, -0.2) is 0 Å². The Hall–Kier alpha value is -3.05. The molecule has 0 saturated carbocycles. The molecule has 0 heterocycles. The quantitative estimate of drug-likeness (QED) is 0.588. The highest BCUT2D eigenvalue weighted by Gasteiger charge is 2.26. The first-order valence-corrected chi connectivity index (χ1v) is 10.6. The minimum atomic E-state index is -0.751. The second-order valence-electron chi connectivity index (χ2n) is 6.73. The predicted molar refractivity (Wildman–Crippen MR) is 118 cm³/mol. The third kappa shape index (κ3) is 5.48. The van der Waals surface area contributed by atoms with Gasteiger partial charge in [0.15, 0.2) is 0 Å². The van der Waals surface area contributed by atoms with Crippen LogP contribution in [0.5, 0.6) is 0 Å². The van der Waals surface area contributed by atoms with Gasteiger partial charge in [-0.1, -0.05) is 60.7 Å². The van der Waals surface area contributed by atoms with Gasteiger partial charge in [0.2, 0.25) is 5.91 Å². The molecule has 0 aliphatic heterocycles. The summed E-state index contributed by atoms with van der Waals surface area (Å²) >= 11 is 1.68. The van der Waals surface area contributed by atoms with Gasteiger partial charge in [-0.15, -0.1) is 11.8 Å². The van der Waals surface area contributed by atoms with Crippen LogP contribution in [0.15, 0.2) is 89.8 Å². The molecule has 3 rings (SSSR count). The van der Waals surface area contributed by atoms with Gasteiger partial charge in [0.1, 0.15) is 6.04 Å². The Kier molecular flexibility index (Phi) is 7.09. The maximum Gasteiger partial charge on any atom is 0.252 e. The number of hydrogen-bond donors (Lipinski definition) is 1. The number of carbonyl (C=O) groups is 2. The monoisotopic (exact) mass is 404 g/mol. The van der Waals surface area contributed by atoms with Gasteiger partial charge < -0.3 is 10.2 Å². The highest BCUT2D eigenvalue weighted by atomic mass is 32.2. The molecule has 0 spiro atoms. The van der Waals surface area contributed by atoms with Crippen LogP contribution in [0, 0.1) is 0 Å². The Morgan fingerprint density at radius 2 is 1.48 bits per heavy atom. The van der Waals surface area contributed by atoms with Gasteiger partial charge in [-0.2, -0.15) is 0 Å². The van der Waals surface area contributed by atoms with Gasteiger partial charge >= 0.3 is 0 Å². The Balaban J connectivity index is 1.79. The number of amides is 2. The van der Waals surface area contributed by atoms with E-state index in [9.17, 15) is 9.59 Å². The number of hydrogen-bond acceptors (Lipinski definition) is 3. The molecular formula is C24H24N2O2S. The summed E-state index contributed by atoms with van der Waals surface area (Å²) in [6.07, 6.45) is 2.03. The largest absolute Gasteiger partial charge is 0.339 e. The van der Waals surface area contributed by atoms with Crippen LogP contribution in [0.1, 0.15) is 27.5 Å². The third-order valence-corrected chi connectivity index (χ3v) is 5.39. The molecule has 148 valence electrons. The summed E-state index contributed by atoms with van der Waals surface area (Å²) in [5, 5.41) is 2.90. The summed E-state index contributed by atoms with van der Waals surface area (Å²) in [5.41, 5.74) is 2.32. The van der Waals surface area contributed by atoms with Crippen molar-refractivity contribution in [2.24, 2.45) is 0 Å². The van der Waals surface area contributed by atoms with Gasteiger partial charge in [0.05, 0.1) is 0 Å². The molecule has 29 heavy (non-hydrogen) atoms. The van der Waals surface area contributed by atoms with Crippen molar-refractivity contribution in [1.29, 1.82) is 0 Å². The van der Waals surface area contributed by atoms with E-state index in [1.54, 1.807) is 48.0 Å². The summed E-state index contributed by atoms with van der Waals surface area (Å²) < 4.78 is 0. The first kappa shape index (κ1) is 20.7. The minimum absolute atomic E-state index is 0.158. The molecule has 1 N–H and O–H groups in total. The van der Waals surface area contributed by atoms with E-state index < -0.39 is 6.04 Å². The van der Waals surface area contributed by atoms with Crippen molar-refractivity contribution in [1.82, 2.24) is 10.2 Å². The van der Waals surface area contributed by atoms with E-state index in [-0.39, 0.29) is 11.8 Å². The van der Waals surface area contributed by atoms with Gasteiger partial charge in [0.25, 0.3) is 5.91 Å². The first-order chi connectivity index (χ1) is 14.1. The smallest absolute Gasteiger partial charge is 0.252 e. The zero-order chi connectivity index (χ0) is 20.6. The Labute approximate surface area is 175 Å². The molecule has 0 aromatic heterocycles. The maximum absolute atomic E-state index is 13.2. The fourth-order valence-electron chi connectivity index (χ4n) is 3.04. The van der Waals surface area contributed by atoms with Crippen LogP contribution in [0.2, 0.25) is 0 Å². The lowest BCUT2D eigenvalue weighted by molar-refractivity contribution is -0.132. The van der Waals surface area contributed by atoms with Crippen molar-refractivity contribution >= 4 is 23.6 Å². The number of benzene rings is 3. The summed E-state index contributed by atoms with van der Waals surface area (Å²) in [6.45, 7) is 0.470. The molecule has 0 bridgehead atoms. The van der Waals surface area contributed by atoms with Crippen LogP contribution in [-0.2, 0) is 11.3 Å².